The van der Waals surface area contributed by atoms with Crippen molar-refractivity contribution >= 4 is 35.1 Å². The van der Waals surface area contributed by atoms with Gasteiger partial charge in [-0.25, -0.2) is 0 Å². The van der Waals surface area contributed by atoms with Gasteiger partial charge in [-0.1, -0.05) is 66.7 Å². The Morgan fingerprint density at radius 1 is 1.03 bits per heavy atom. The number of aryl methyl sites for hydroxylation is 2. The van der Waals surface area contributed by atoms with Crippen LogP contribution in [0.25, 0.3) is 0 Å². The molecule has 0 spiro atoms. The van der Waals surface area contributed by atoms with E-state index in [1.165, 1.54) is 22.9 Å². The van der Waals surface area contributed by atoms with E-state index in [0.717, 1.165) is 46.7 Å². The number of amides is 1. The first-order valence-electron chi connectivity index (χ1n) is 10.2. The average molecular weight is 441 g/mol. The van der Waals surface area contributed by atoms with Crippen LogP contribution in [-0.4, -0.2) is 26.4 Å². The standard InChI is InChI=1S/C23H28N4OS2/c1-4-19-8-6-7-9-20(19)24-22(28)16-30-23-26-25-21(27(23)5-2)15-29-14-18-12-10-17(3)11-13-18/h6-13H,4-5,14-16H2,1-3H3,(H,24,28). The summed E-state index contributed by atoms with van der Waals surface area (Å²) in [5.74, 6) is 2.98. The maximum absolute atomic E-state index is 12.4. The topological polar surface area (TPSA) is 59.8 Å². The van der Waals surface area contributed by atoms with E-state index >= 15 is 0 Å². The smallest absolute Gasteiger partial charge is 0.234 e. The lowest BCUT2D eigenvalue weighted by Gasteiger charge is -2.10. The first kappa shape index (κ1) is 22.4. The van der Waals surface area contributed by atoms with Gasteiger partial charge in [0.2, 0.25) is 5.91 Å². The number of para-hydroxylation sites is 1. The summed E-state index contributed by atoms with van der Waals surface area (Å²) >= 11 is 3.26. The van der Waals surface area contributed by atoms with Gasteiger partial charge in [0.1, 0.15) is 5.82 Å². The van der Waals surface area contributed by atoms with Gasteiger partial charge in [-0.05, 0) is 37.5 Å². The summed E-state index contributed by atoms with van der Waals surface area (Å²) in [4.78, 5) is 12.4. The third-order valence-electron chi connectivity index (χ3n) is 4.73. The summed E-state index contributed by atoms with van der Waals surface area (Å²) in [5, 5.41) is 12.5. The molecule has 0 fully saturated rings. The largest absolute Gasteiger partial charge is 0.325 e. The summed E-state index contributed by atoms with van der Waals surface area (Å²) in [6.07, 6.45) is 0.886. The summed E-state index contributed by atoms with van der Waals surface area (Å²) in [6.45, 7) is 7.06. The Balaban J connectivity index is 1.53. The van der Waals surface area contributed by atoms with Crippen LogP contribution >= 0.6 is 23.5 Å². The highest BCUT2D eigenvalue weighted by molar-refractivity contribution is 7.99. The zero-order valence-corrected chi connectivity index (χ0v) is 19.4. The fourth-order valence-corrected chi connectivity index (χ4v) is 4.81. The average Bonchev–Trinajstić information content (AvgIpc) is 3.16. The minimum Gasteiger partial charge on any atom is -0.325 e. The molecule has 0 aliphatic heterocycles. The van der Waals surface area contributed by atoms with Crippen molar-refractivity contribution in [3.05, 3.63) is 71.0 Å². The van der Waals surface area contributed by atoms with E-state index in [-0.39, 0.29) is 5.91 Å². The molecule has 0 bridgehead atoms. The van der Waals surface area contributed by atoms with Gasteiger partial charge in [-0.2, -0.15) is 0 Å². The van der Waals surface area contributed by atoms with Crippen LogP contribution < -0.4 is 5.32 Å². The molecule has 1 N–H and O–H groups in total. The molecule has 0 aliphatic carbocycles. The third-order valence-corrected chi connectivity index (χ3v) is 6.70. The number of nitrogens with zero attached hydrogens (tertiary/aromatic N) is 3. The maximum Gasteiger partial charge on any atom is 0.234 e. The van der Waals surface area contributed by atoms with E-state index in [2.05, 4.69) is 65.1 Å². The van der Waals surface area contributed by atoms with Crippen LogP contribution in [0.15, 0.2) is 53.7 Å². The van der Waals surface area contributed by atoms with Crippen LogP contribution in [0, 0.1) is 6.92 Å². The second-order valence-corrected chi connectivity index (χ2v) is 8.90. The fourth-order valence-electron chi connectivity index (χ4n) is 3.06. The van der Waals surface area contributed by atoms with Gasteiger partial charge >= 0.3 is 0 Å². The molecule has 0 saturated heterocycles. The first-order valence-corrected chi connectivity index (χ1v) is 12.3. The Morgan fingerprint density at radius 3 is 2.53 bits per heavy atom. The zero-order valence-electron chi connectivity index (χ0n) is 17.7. The van der Waals surface area contributed by atoms with Gasteiger partial charge in [0.05, 0.1) is 11.5 Å². The van der Waals surface area contributed by atoms with E-state index in [0.29, 0.717) is 5.75 Å². The minimum absolute atomic E-state index is 0.0261. The number of thioether (sulfide) groups is 2. The van der Waals surface area contributed by atoms with Crippen LogP contribution in [0.4, 0.5) is 5.69 Å². The summed E-state index contributed by atoms with van der Waals surface area (Å²) < 4.78 is 2.10. The van der Waals surface area contributed by atoms with Gasteiger partial charge in [-0.3, -0.25) is 4.79 Å². The summed E-state index contributed by atoms with van der Waals surface area (Å²) in [5.41, 5.74) is 4.61. The lowest BCUT2D eigenvalue weighted by molar-refractivity contribution is -0.113. The number of hydrogen-bond acceptors (Lipinski definition) is 5. The summed E-state index contributed by atoms with van der Waals surface area (Å²) in [6, 6.07) is 16.5. The molecule has 0 saturated carbocycles. The van der Waals surface area contributed by atoms with E-state index in [4.69, 9.17) is 0 Å². The van der Waals surface area contributed by atoms with Crippen molar-refractivity contribution in [1.29, 1.82) is 0 Å². The molecule has 5 nitrogen and oxygen atoms in total. The van der Waals surface area contributed by atoms with Crippen molar-refractivity contribution in [2.75, 3.05) is 11.1 Å². The highest BCUT2D eigenvalue weighted by atomic mass is 32.2. The van der Waals surface area contributed by atoms with Crippen LogP contribution in [-0.2, 0) is 29.3 Å². The molecular formula is C23H28N4OS2. The van der Waals surface area contributed by atoms with Gasteiger partial charge in [0, 0.05) is 18.0 Å². The molecule has 0 unspecified atom stereocenters. The van der Waals surface area contributed by atoms with Crippen LogP contribution in [0.1, 0.15) is 36.4 Å². The van der Waals surface area contributed by atoms with E-state index in [1.807, 2.05) is 36.0 Å². The summed E-state index contributed by atoms with van der Waals surface area (Å²) in [7, 11) is 0. The molecule has 0 aliphatic rings. The molecule has 1 aromatic heterocycles. The number of rotatable bonds is 10. The van der Waals surface area contributed by atoms with Gasteiger partial charge in [-0.15, -0.1) is 22.0 Å². The molecule has 1 heterocycles. The minimum atomic E-state index is -0.0261. The maximum atomic E-state index is 12.4. The van der Waals surface area contributed by atoms with Crippen molar-refractivity contribution in [3.8, 4) is 0 Å². The fraction of sp³-hybridized carbons (Fsp3) is 0.348. The van der Waals surface area contributed by atoms with Crippen LogP contribution in [0.2, 0.25) is 0 Å². The molecular weight excluding hydrogens is 412 g/mol. The van der Waals surface area contributed by atoms with Crippen LogP contribution in [0.5, 0.6) is 0 Å². The molecule has 158 valence electrons. The molecule has 2 aromatic carbocycles. The monoisotopic (exact) mass is 440 g/mol. The van der Waals surface area contributed by atoms with Crippen molar-refractivity contribution < 1.29 is 4.79 Å². The highest BCUT2D eigenvalue weighted by Gasteiger charge is 2.14. The zero-order chi connectivity index (χ0) is 21.3. The van der Waals surface area contributed by atoms with Gasteiger partial charge in [0.25, 0.3) is 0 Å². The van der Waals surface area contributed by atoms with Crippen molar-refractivity contribution in [3.63, 3.8) is 0 Å². The molecule has 0 atom stereocenters. The molecule has 7 heteroatoms. The van der Waals surface area contributed by atoms with Crippen molar-refractivity contribution in [1.82, 2.24) is 14.8 Å². The van der Waals surface area contributed by atoms with Crippen LogP contribution in [0.3, 0.4) is 0 Å². The Morgan fingerprint density at radius 2 is 1.80 bits per heavy atom. The van der Waals surface area contributed by atoms with Crippen molar-refractivity contribution in [2.24, 2.45) is 0 Å². The second-order valence-electron chi connectivity index (χ2n) is 6.97. The number of nitrogens with one attached hydrogen (secondary N) is 1. The Labute approximate surface area is 187 Å². The number of anilines is 1. The molecule has 1 amide bonds. The Hall–Kier alpha value is -2.25. The highest BCUT2D eigenvalue weighted by Crippen LogP contribution is 2.23. The quantitative estimate of drug-likeness (QED) is 0.432. The predicted molar refractivity (Wildman–Crippen MR) is 127 cm³/mol. The van der Waals surface area contributed by atoms with E-state index < -0.39 is 0 Å². The first-order chi connectivity index (χ1) is 14.6. The Bertz CT molecular complexity index is 970. The number of hydrogen-bond donors (Lipinski definition) is 1. The SMILES string of the molecule is CCc1ccccc1NC(=O)CSc1nnc(CSCc2ccc(C)cc2)n1CC. The van der Waals surface area contributed by atoms with Gasteiger partial charge in [0.15, 0.2) is 5.16 Å². The number of benzene rings is 2. The molecule has 30 heavy (non-hydrogen) atoms. The lowest BCUT2D eigenvalue weighted by atomic mass is 10.1. The van der Waals surface area contributed by atoms with Crippen molar-refractivity contribution in [2.45, 2.75) is 50.4 Å². The van der Waals surface area contributed by atoms with E-state index in [1.54, 1.807) is 0 Å². The number of aromatic nitrogens is 3. The third kappa shape index (κ3) is 6.12. The number of carbonyl (C=O) groups excluding carboxylic acids is 1. The Kier molecular flexibility index (Phi) is 8.39. The second kappa shape index (κ2) is 11.2. The molecule has 3 aromatic rings. The normalized spacial score (nSPS) is 10.9. The molecule has 0 radical (unpaired) electrons. The van der Waals surface area contributed by atoms with E-state index in [9.17, 15) is 4.79 Å². The predicted octanol–water partition coefficient (Wildman–Crippen LogP) is 5.33. The number of carbonyl (C=O) groups is 1. The van der Waals surface area contributed by atoms with Gasteiger partial charge < -0.3 is 9.88 Å². The lowest BCUT2D eigenvalue weighted by Crippen LogP contribution is -2.15. The molecule has 3 rings (SSSR count).